The Bertz CT molecular complexity index is 583. The quantitative estimate of drug-likeness (QED) is 0.778. The average Bonchev–Trinajstić information content (AvgIpc) is 2.85. The van der Waals surface area contributed by atoms with Crippen molar-refractivity contribution >= 4 is 15.9 Å². The highest BCUT2D eigenvalue weighted by Gasteiger charge is 2.26. The highest BCUT2D eigenvalue weighted by Crippen LogP contribution is 2.35. The Morgan fingerprint density at radius 1 is 1.19 bits per heavy atom. The molecule has 0 saturated heterocycles. The van der Waals surface area contributed by atoms with Gasteiger partial charge in [-0.05, 0) is 51.5 Å². The fraction of sp³-hybridized carbons (Fsp3) is 0.444. The van der Waals surface area contributed by atoms with Gasteiger partial charge in [-0.2, -0.15) is 0 Å². The third-order valence-electron chi connectivity index (χ3n) is 3.59. The Morgan fingerprint density at radius 2 is 1.90 bits per heavy atom. The molecule has 0 spiro atoms. The van der Waals surface area contributed by atoms with E-state index in [2.05, 4.69) is 73.2 Å². The molecule has 2 aromatic rings. The Balaban J connectivity index is 2.50. The van der Waals surface area contributed by atoms with Crippen LogP contribution in [0.2, 0.25) is 0 Å². The van der Waals surface area contributed by atoms with Crippen LogP contribution in [0.4, 0.5) is 0 Å². The SMILES string of the molecule is CCCNC(c1ccccc1C(C)(C)C)c1occc1Br. The maximum Gasteiger partial charge on any atom is 0.139 e. The molecule has 114 valence electrons. The molecule has 1 aromatic carbocycles. The van der Waals surface area contributed by atoms with Crippen LogP contribution in [0.25, 0.3) is 0 Å². The van der Waals surface area contributed by atoms with Crippen LogP contribution >= 0.6 is 15.9 Å². The van der Waals surface area contributed by atoms with E-state index in [-0.39, 0.29) is 11.5 Å². The number of furan rings is 1. The van der Waals surface area contributed by atoms with Crippen LogP contribution in [0.1, 0.15) is 57.0 Å². The summed E-state index contributed by atoms with van der Waals surface area (Å²) in [7, 11) is 0. The molecule has 0 amide bonds. The lowest BCUT2D eigenvalue weighted by Gasteiger charge is -2.27. The van der Waals surface area contributed by atoms with E-state index in [1.54, 1.807) is 6.26 Å². The number of hydrogen-bond donors (Lipinski definition) is 1. The first-order valence-electron chi connectivity index (χ1n) is 7.50. The van der Waals surface area contributed by atoms with Gasteiger partial charge in [0.1, 0.15) is 5.76 Å². The maximum absolute atomic E-state index is 5.74. The third-order valence-corrected chi connectivity index (χ3v) is 4.24. The van der Waals surface area contributed by atoms with Crippen molar-refractivity contribution < 1.29 is 4.42 Å². The lowest BCUT2D eigenvalue weighted by atomic mass is 9.81. The Kier molecular flexibility index (Phi) is 5.28. The molecule has 2 nitrogen and oxygen atoms in total. The molecule has 1 unspecified atom stereocenters. The molecular weight excluding hydrogens is 326 g/mol. The second-order valence-corrected chi connectivity index (χ2v) is 7.21. The van der Waals surface area contributed by atoms with Gasteiger partial charge in [0.15, 0.2) is 0 Å². The van der Waals surface area contributed by atoms with Gasteiger partial charge in [0, 0.05) is 0 Å². The molecule has 0 saturated carbocycles. The lowest BCUT2D eigenvalue weighted by Crippen LogP contribution is -2.26. The van der Waals surface area contributed by atoms with Gasteiger partial charge in [-0.25, -0.2) is 0 Å². The smallest absolute Gasteiger partial charge is 0.139 e. The molecule has 0 bridgehead atoms. The van der Waals surface area contributed by atoms with Crippen LogP contribution in [-0.2, 0) is 5.41 Å². The van der Waals surface area contributed by atoms with E-state index in [0.29, 0.717) is 0 Å². The fourth-order valence-corrected chi connectivity index (χ4v) is 3.01. The summed E-state index contributed by atoms with van der Waals surface area (Å²) < 4.78 is 6.75. The predicted molar refractivity (Wildman–Crippen MR) is 91.7 cm³/mol. The number of benzene rings is 1. The number of rotatable bonds is 5. The normalized spacial score (nSPS) is 13.4. The molecule has 0 aliphatic carbocycles. The standard InChI is InChI=1S/C18H24BrNO/c1-5-11-20-16(17-15(19)10-12-21-17)13-8-6-7-9-14(13)18(2,3)4/h6-10,12,16,20H,5,11H2,1-4H3. The fourth-order valence-electron chi connectivity index (χ4n) is 2.58. The molecule has 2 rings (SSSR count). The van der Waals surface area contributed by atoms with Gasteiger partial charge in [0.05, 0.1) is 16.8 Å². The van der Waals surface area contributed by atoms with Gasteiger partial charge in [0.25, 0.3) is 0 Å². The monoisotopic (exact) mass is 349 g/mol. The van der Waals surface area contributed by atoms with E-state index in [0.717, 1.165) is 23.2 Å². The van der Waals surface area contributed by atoms with E-state index in [1.165, 1.54) is 11.1 Å². The van der Waals surface area contributed by atoms with Gasteiger partial charge in [-0.15, -0.1) is 0 Å². The zero-order valence-electron chi connectivity index (χ0n) is 13.2. The van der Waals surface area contributed by atoms with Crippen LogP contribution in [0, 0.1) is 0 Å². The number of halogens is 1. The van der Waals surface area contributed by atoms with Gasteiger partial charge < -0.3 is 9.73 Å². The van der Waals surface area contributed by atoms with Crippen molar-refractivity contribution in [2.24, 2.45) is 0 Å². The summed E-state index contributed by atoms with van der Waals surface area (Å²) in [6.45, 7) is 9.88. The minimum atomic E-state index is 0.0738. The molecule has 1 aromatic heterocycles. The van der Waals surface area contributed by atoms with Crippen molar-refractivity contribution in [1.29, 1.82) is 0 Å². The Hall–Kier alpha value is -1.06. The Labute approximate surface area is 136 Å². The topological polar surface area (TPSA) is 25.2 Å². The molecule has 1 N–H and O–H groups in total. The summed E-state index contributed by atoms with van der Waals surface area (Å²) in [4.78, 5) is 0. The minimum Gasteiger partial charge on any atom is -0.466 e. The van der Waals surface area contributed by atoms with Crippen LogP contribution in [0.3, 0.4) is 0 Å². The van der Waals surface area contributed by atoms with Crippen LogP contribution in [0.15, 0.2) is 45.5 Å². The van der Waals surface area contributed by atoms with Crippen molar-refractivity contribution in [3.05, 3.63) is 58.0 Å². The zero-order valence-corrected chi connectivity index (χ0v) is 14.8. The summed E-state index contributed by atoms with van der Waals surface area (Å²) in [5, 5.41) is 3.62. The van der Waals surface area contributed by atoms with Crippen molar-refractivity contribution in [2.75, 3.05) is 6.54 Å². The summed E-state index contributed by atoms with van der Waals surface area (Å²) in [5.41, 5.74) is 2.73. The van der Waals surface area contributed by atoms with Crippen molar-refractivity contribution in [1.82, 2.24) is 5.32 Å². The van der Waals surface area contributed by atoms with Crippen molar-refractivity contribution in [2.45, 2.75) is 45.6 Å². The van der Waals surface area contributed by atoms with Gasteiger partial charge in [-0.1, -0.05) is 52.0 Å². The average molecular weight is 350 g/mol. The van der Waals surface area contributed by atoms with E-state index in [9.17, 15) is 0 Å². The number of nitrogens with one attached hydrogen (secondary N) is 1. The van der Waals surface area contributed by atoms with Crippen LogP contribution in [0.5, 0.6) is 0 Å². The highest BCUT2D eigenvalue weighted by atomic mass is 79.9. The van der Waals surface area contributed by atoms with E-state index in [4.69, 9.17) is 4.42 Å². The lowest BCUT2D eigenvalue weighted by molar-refractivity contribution is 0.438. The van der Waals surface area contributed by atoms with E-state index >= 15 is 0 Å². The Morgan fingerprint density at radius 3 is 2.48 bits per heavy atom. The zero-order chi connectivity index (χ0) is 15.5. The third kappa shape index (κ3) is 3.78. The first kappa shape index (κ1) is 16.3. The van der Waals surface area contributed by atoms with Gasteiger partial charge >= 0.3 is 0 Å². The molecule has 0 fully saturated rings. The molecule has 1 heterocycles. The van der Waals surface area contributed by atoms with Crippen LogP contribution in [-0.4, -0.2) is 6.54 Å². The largest absolute Gasteiger partial charge is 0.466 e. The van der Waals surface area contributed by atoms with Gasteiger partial charge in [-0.3, -0.25) is 0 Å². The van der Waals surface area contributed by atoms with Crippen molar-refractivity contribution in [3.63, 3.8) is 0 Å². The first-order chi connectivity index (χ1) is 9.95. The van der Waals surface area contributed by atoms with Crippen molar-refractivity contribution in [3.8, 4) is 0 Å². The van der Waals surface area contributed by atoms with Gasteiger partial charge in [0.2, 0.25) is 0 Å². The molecule has 0 aliphatic heterocycles. The molecule has 3 heteroatoms. The predicted octanol–water partition coefficient (Wildman–Crippen LogP) is 5.43. The molecule has 0 aliphatic rings. The van der Waals surface area contributed by atoms with Crippen LogP contribution < -0.4 is 5.32 Å². The molecular formula is C18H24BrNO. The summed E-state index contributed by atoms with van der Waals surface area (Å²) in [6, 6.07) is 10.6. The molecule has 1 atom stereocenters. The first-order valence-corrected chi connectivity index (χ1v) is 8.30. The summed E-state index contributed by atoms with van der Waals surface area (Å²) in [6.07, 6.45) is 2.83. The summed E-state index contributed by atoms with van der Waals surface area (Å²) in [5.74, 6) is 0.945. The maximum atomic E-state index is 5.74. The van der Waals surface area contributed by atoms with E-state index < -0.39 is 0 Å². The second-order valence-electron chi connectivity index (χ2n) is 6.36. The molecule has 21 heavy (non-hydrogen) atoms. The highest BCUT2D eigenvalue weighted by molar-refractivity contribution is 9.10. The molecule has 0 radical (unpaired) electrons. The minimum absolute atomic E-state index is 0.0738. The second kappa shape index (κ2) is 6.80. The number of hydrogen-bond acceptors (Lipinski definition) is 2. The van der Waals surface area contributed by atoms with E-state index in [1.807, 2.05) is 6.07 Å². The summed E-state index contributed by atoms with van der Waals surface area (Å²) >= 11 is 3.60.